The first-order valence-electron chi connectivity index (χ1n) is 3.40. The maximum Gasteiger partial charge on any atom is 0.0639 e. The van der Waals surface area contributed by atoms with Crippen LogP contribution in [0.3, 0.4) is 0 Å². The molecule has 57 valence electrons. The summed E-state index contributed by atoms with van der Waals surface area (Å²) >= 11 is 10.3. The van der Waals surface area contributed by atoms with Crippen LogP contribution in [0.25, 0.3) is 0 Å². The lowest BCUT2D eigenvalue weighted by Crippen LogP contribution is -1.91. The summed E-state index contributed by atoms with van der Waals surface area (Å²) in [6, 6.07) is 7.91. The molecule has 1 aromatic rings. The van der Waals surface area contributed by atoms with Crippen molar-refractivity contribution in [2.45, 2.75) is 6.42 Å². The monoisotopic (exact) mass is 183 g/mol. The van der Waals surface area contributed by atoms with Crippen molar-refractivity contribution in [2.75, 3.05) is 5.88 Å². The van der Waals surface area contributed by atoms with Crippen LogP contribution < -0.4 is 0 Å². The smallest absolute Gasteiger partial charge is 0.0639 e. The van der Waals surface area contributed by atoms with E-state index in [2.05, 4.69) is 5.37 Å². The van der Waals surface area contributed by atoms with Crippen LogP contribution in [0.4, 0.5) is 0 Å². The molecule has 0 aliphatic rings. The first-order valence-corrected chi connectivity index (χ1v) is 4.35. The average Bonchev–Trinajstić information content (AvgIpc) is 2.06. The van der Waals surface area contributed by atoms with E-state index in [0.29, 0.717) is 5.88 Å². The molecule has 2 heteroatoms. The Hall–Kier alpha value is -0.400. The Morgan fingerprint density at radius 1 is 1.36 bits per heavy atom. The number of alkyl halides is 1. The van der Waals surface area contributed by atoms with Gasteiger partial charge in [-0.2, -0.15) is 0 Å². The minimum Gasteiger partial charge on any atom is -0.126 e. The lowest BCUT2D eigenvalue weighted by atomic mass is 10.1. The maximum absolute atomic E-state index is 5.60. The summed E-state index contributed by atoms with van der Waals surface area (Å²) in [5.41, 5.74) is 2.17. The molecule has 0 unspecified atom stereocenters. The number of thiocarbonyl (C=S) groups is 1. The third kappa shape index (κ3) is 2.28. The van der Waals surface area contributed by atoms with E-state index in [1.807, 2.05) is 24.3 Å². The zero-order valence-electron chi connectivity index (χ0n) is 6.01. The van der Waals surface area contributed by atoms with Crippen molar-refractivity contribution in [3.8, 4) is 0 Å². The Kier molecular flexibility index (Phi) is 3.53. The van der Waals surface area contributed by atoms with Gasteiger partial charge in [0.25, 0.3) is 0 Å². The lowest BCUT2D eigenvalue weighted by Gasteiger charge is -2.00. The summed E-state index contributed by atoms with van der Waals surface area (Å²) in [5.74, 6) is 0.633. The highest BCUT2D eigenvalue weighted by Crippen LogP contribution is 2.07. The average molecular weight is 184 g/mol. The highest BCUT2D eigenvalue weighted by Gasteiger charge is 1.96. The number of rotatable bonds is 3. The second kappa shape index (κ2) is 4.47. The Morgan fingerprint density at radius 2 is 2.09 bits per heavy atom. The lowest BCUT2D eigenvalue weighted by molar-refractivity contribution is 1.15. The van der Waals surface area contributed by atoms with Crippen LogP contribution in [-0.2, 0) is 6.42 Å². The molecule has 0 N–H and O–H groups in total. The molecule has 0 fully saturated rings. The molecule has 0 aliphatic heterocycles. The first-order chi connectivity index (χ1) is 5.38. The van der Waals surface area contributed by atoms with Crippen LogP contribution in [0.15, 0.2) is 24.3 Å². The predicted octanol–water partition coefficient (Wildman–Crippen LogP) is 2.69. The Balaban J connectivity index is 2.92. The van der Waals surface area contributed by atoms with Crippen molar-refractivity contribution in [1.82, 2.24) is 0 Å². The van der Waals surface area contributed by atoms with Crippen LogP contribution in [0.2, 0.25) is 0 Å². The normalized spacial score (nSPS) is 9.55. The molecule has 1 radical (unpaired) electrons. The molecule has 0 saturated carbocycles. The Labute approximate surface area is 77.2 Å². The summed E-state index contributed by atoms with van der Waals surface area (Å²) in [4.78, 5) is 0. The van der Waals surface area contributed by atoms with Crippen molar-refractivity contribution < 1.29 is 0 Å². The van der Waals surface area contributed by atoms with Crippen LogP contribution in [0, 0.1) is 0 Å². The molecule has 0 aliphatic carbocycles. The van der Waals surface area contributed by atoms with Gasteiger partial charge in [0.15, 0.2) is 0 Å². The summed E-state index contributed by atoms with van der Waals surface area (Å²) in [6.45, 7) is 0. The largest absolute Gasteiger partial charge is 0.126 e. The number of hydrogen-bond donors (Lipinski definition) is 0. The molecule has 1 aromatic carbocycles. The van der Waals surface area contributed by atoms with Gasteiger partial charge in [-0.25, -0.2) is 0 Å². The van der Waals surface area contributed by atoms with Gasteiger partial charge >= 0.3 is 0 Å². The minimum absolute atomic E-state index is 0.633. The standard InChI is InChI=1S/C9H8ClS/c10-6-5-8-3-1-2-4-9(8)7-11/h1-4H,5-6H2. The molecule has 0 aromatic heterocycles. The van der Waals surface area contributed by atoms with Crippen LogP contribution >= 0.6 is 23.8 Å². The van der Waals surface area contributed by atoms with Gasteiger partial charge in [-0.3, -0.25) is 0 Å². The van der Waals surface area contributed by atoms with Crippen molar-refractivity contribution in [3.05, 3.63) is 35.4 Å². The van der Waals surface area contributed by atoms with Gasteiger partial charge in [0.05, 0.1) is 5.37 Å². The third-order valence-electron chi connectivity index (χ3n) is 1.49. The van der Waals surface area contributed by atoms with Gasteiger partial charge in [-0.15, -0.1) is 11.6 Å². The molecular weight excluding hydrogens is 176 g/mol. The highest BCUT2D eigenvalue weighted by molar-refractivity contribution is 7.79. The molecule has 0 saturated heterocycles. The molecule has 0 amide bonds. The van der Waals surface area contributed by atoms with E-state index in [9.17, 15) is 0 Å². The van der Waals surface area contributed by atoms with Gasteiger partial charge in [0, 0.05) is 5.88 Å². The van der Waals surface area contributed by atoms with Crippen molar-refractivity contribution in [2.24, 2.45) is 0 Å². The van der Waals surface area contributed by atoms with E-state index in [0.717, 1.165) is 12.0 Å². The zero-order valence-corrected chi connectivity index (χ0v) is 7.58. The van der Waals surface area contributed by atoms with Crippen LogP contribution in [0.1, 0.15) is 11.1 Å². The van der Waals surface area contributed by atoms with Crippen LogP contribution in [0.5, 0.6) is 0 Å². The fourth-order valence-electron chi connectivity index (χ4n) is 0.940. The first kappa shape index (κ1) is 8.69. The fraction of sp³-hybridized carbons (Fsp3) is 0.222. The molecule has 0 spiro atoms. The molecule has 1 rings (SSSR count). The van der Waals surface area contributed by atoms with Gasteiger partial charge in [0.1, 0.15) is 0 Å². The minimum atomic E-state index is 0.633. The summed E-state index contributed by atoms with van der Waals surface area (Å²) in [7, 11) is 0. The molecule has 11 heavy (non-hydrogen) atoms. The fourth-order valence-corrected chi connectivity index (χ4v) is 1.34. The Morgan fingerprint density at radius 3 is 2.73 bits per heavy atom. The van der Waals surface area contributed by atoms with E-state index in [1.54, 1.807) is 0 Å². The molecule has 0 atom stereocenters. The second-order valence-electron chi connectivity index (χ2n) is 2.20. The second-order valence-corrected chi connectivity index (χ2v) is 2.78. The van der Waals surface area contributed by atoms with Crippen molar-refractivity contribution >= 4 is 29.2 Å². The van der Waals surface area contributed by atoms with Crippen LogP contribution in [-0.4, -0.2) is 11.2 Å². The van der Waals surface area contributed by atoms with Gasteiger partial charge in [-0.05, 0) is 17.5 Å². The molecular formula is C9H8ClS. The van der Waals surface area contributed by atoms with Crippen molar-refractivity contribution in [1.29, 1.82) is 0 Å². The van der Waals surface area contributed by atoms with E-state index in [1.165, 1.54) is 5.56 Å². The van der Waals surface area contributed by atoms with E-state index >= 15 is 0 Å². The number of aryl methyl sites for hydroxylation is 1. The molecule has 0 nitrogen and oxygen atoms in total. The topological polar surface area (TPSA) is 0 Å². The molecule has 0 heterocycles. The van der Waals surface area contributed by atoms with Crippen molar-refractivity contribution in [3.63, 3.8) is 0 Å². The number of hydrogen-bond acceptors (Lipinski definition) is 1. The quantitative estimate of drug-likeness (QED) is 0.513. The summed E-state index contributed by atoms with van der Waals surface area (Å²) in [5, 5.41) is 2.71. The number of halogens is 1. The number of benzene rings is 1. The van der Waals surface area contributed by atoms with E-state index in [4.69, 9.17) is 23.8 Å². The third-order valence-corrected chi connectivity index (χ3v) is 1.90. The van der Waals surface area contributed by atoms with E-state index in [-0.39, 0.29) is 0 Å². The molecule has 0 bridgehead atoms. The summed E-state index contributed by atoms with van der Waals surface area (Å²) in [6.07, 6.45) is 0.862. The van der Waals surface area contributed by atoms with E-state index < -0.39 is 0 Å². The SMILES string of the molecule is S=[C]c1ccccc1CCCl. The van der Waals surface area contributed by atoms with Gasteiger partial charge in [0.2, 0.25) is 0 Å². The predicted molar refractivity (Wildman–Crippen MR) is 52.6 cm³/mol. The van der Waals surface area contributed by atoms with Gasteiger partial charge in [-0.1, -0.05) is 36.5 Å². The van der Waals surface area contributed by atoms with Gasteiger partial charge < -0.3 is 0 Å². The highest BCUT2D eigenvalue weighted by atomic mass is 35.5. The zero-order chi connectivity index (χ0) is 8.10. The maximum atomic E-state index is 5.60. The Bertz CT molecular complexity index is 245. The summed E-state index contributed by atoms with van der Waals surface area (Å²) < 4.78 is 0.